The minimum atomic E-state index is -0.878. The topological polar surface area (TPSA) is 94.4 Å². The third-order valence-electron chi connectivity index (χ3n) is 4.91. The Morgan fingerprint density at radius 2 is 1.86 bits per heavy atom. The second-order valence-electron chi connectivity index (χ2n) is 6.75. The molecule has 7 heteroatoms. The summed E-state index contributed by atoms with van der Waals surface area (Å²) >= 11 is 1.38. The number of hydrogen-bond acceptors (Lipinski definition) is 5. The van der Waals surface area contributed by atoms with Crippen LogP contribution in [0.5, 0.6) is 0 Å². The van der Waals surface area contributed by atoms with Crippen LogP contribution in [-0.4, -0.2) is 18.0 Å². The van der Waals surface area contributed by atoms with Crippen molar-refractivity contribution in [3.63, 3.8) is 0 Å². The van der Waals surface area contributed by atoms with Crippen molar-refractivity contribution < 1.29 is 9.59 Å². The Morgan fingerprint density at radius 3 is 2.72 bits per heavy atom. The molecule has 1 heterocycles. The first-order valence-electron chi connectivity index (χ1n) is 9.34. The molecule has 1 aliphatic rings. The Hall–Kier alpha value is -3.50. The number of hydrazone groups is 1. The molecule has 0 unspecified atom stereocenters. The molecular weight excluding hydrogens is 384 g/mol. The first kappa shape index (κ1) is 18.8. The molecule has 1 aliphatic carbocycles. The second-order valence-corrected chi connectivity index (χ2v) is 7.85. The van der Waals surface area contributed by atoms with E-state index in [9.17, 15) is 14.9 Å². The summed E-state index contributed by atoms with van der Waals surface area (Å²) in [6.07, 6.45) is 5.38. The van der Waals surface area contributed by atoms with Crippen LogP contribution in [0.2, 0.25) is 0 Å². The molecule has 0 atom stereocenters. The summed E-state index contributed by atoms with van der Waals surface area (Å²) in [6, 6.07) is 15.8. The van der Waals surface area contributed by atoms with Crippen molar-refractivity contribution in [1.29, 1.82) is 5.26 Å². The van der Waals surface area contributed by atoms with E-state index in [0.29, 0.717) is 10.6 Å². The smallest absolute Gasteiger partial charge is 0.308 e. The van der Waals surface area contributed by atoms with E-state index in [1.165, 1.54) is 17.6 Å². The fourth-order valence-electron chi connectivity index (χ4n) is 3.51. The number of nitriles is 1. The summed E-state index contributed by atoms with van der Waals surface area (Å²) in [7, 11) is 0. The number of anilines is 1. The minimum Gasteiger partial charge on any atom is -0.308 e. The number of nitrogens with zero attached hydrogens (tertiary/aromatic N) is 2. The van der Waals surface area contributed by atoms with Crippen LogP contribution in [0.15, 0.2) is 47.6 Å². The van der Waals surface area contributed by atoms with Gasteiger partial charge in [-0.3, -0.25) is 9.59 Å². The van der Waals surface area contributed by atoms with Gasteiger partial charge in [0.15, 0.2) is 0 Å². The summed E-state index contributed by atoms with van der Waals surface area (Å²) in [5.74, 6) is -1.72. The van der Waals surface area contributed by atoms with E-state index < -0.39 is 11.8 Å². The van der Waals surface area contributed by atoms with Crippen molar-refractivity contribution in [2.75, 3.05) is 5.32 Å². The van der Waals surface area contributed by atoms with Crippen molar-refractivity contribution in [3.8, 4) is 6.07 Å². The van der Waals surface area contributed by atoms with Crippen LogP contribution in [0.1, 0.15) is 34.4 Å². The van der Waals surface area contributed by atoms with Gasteiger partial charge in [0.1, 0.15) is 11.1 Å². The van der Waals surface area contributed by atoms with Gasteiger partial charge in [-0.25, -0.2) is 5.43 Å². The fraction of sp³-hybridized carbons (Fsp3) is 0.182. The normalized spacial score (nSPS) is 13.1. The monoisotopic (exact) mass is 402 g/mol. The predicted molar refractivity (Wildman–Crippen MR) is 114 cm³/mol. The van der Waals surface area contributed by atoms with Gasteiger partial charge in [0, 0.05) is 10.4 Å². The van der Waals surface area contributed by atoms with Crippen LogP contribution < -0.4 is 10.7 Å². The Bertz CT molecular complexity index is 1170. The highest BCUT2D eigenvalue weighted by atomic mass is 32.1. The average Bonchev–Trinajstić information content (AvgIpc) is 3.10. The largest absolute Gasteiger partial charge is 0.329 e. The summed E-state index contributed by atoms with van der Waals surface area (Å²) in [6.45, 7) is 0. The van der Waals surface area contributed by atoms with Gasteiger partial charge in [-0.05, 0) is 42.0 Å². The van der Waals surface area contributed by atoms with Gasteiger partial charge in [0.2, 0.25) is 0 Å². The number of thiophene rings is 1. The van der Waals surface area contributed by atoms with E-state index in [2.05, 4.69) is 21.9 Å². The molecule has 4 rings (SSSR count). The Morgan fingerprint density at radius 1 is 1.07 bits per heavy atom. The van der Waals surface area contributed by atoms with Crippen molar-refractivity contribution >= 4 is 45.1 Å². The molecule has 0 fully saturated rings. The molecule has 29 heavy (non-hydrogen) atoms. The number of carbonyl (C=O) groups excluding carboxylic acids is 2. The molecule has 0 aliphatic heterocycles. The molecule has 2 amide bonds. The highest BCUT2D eigenvalue weighted by Gasteiger charge is 2.23. The second kappa shape index (κ2) is 8.25. The first-order valence-corrected chi connectivity index (χ1v) is 10.2. The standard InChI is InChI=1S/C22H18N4O2S/c23-12-18-17-10-3-4-11-19(17)29-22(18)25-20(27)21(28)26-24-13-15-8-5-7-14-6-1-2-9-16(14)15/h1-2,5-9,13H,3-4,10-11H2,(H,25,27)(H,26,28). The Kier molecular flexibility index (Phi) is 5.36. The Balaban J connectivity index is 1.44. The summed E-state index contributed by atoms with van der Waals surface area (Å²) in [5, 5.41) is 18.4. The lowest BCUT2D eigenvalue weighted by atomic mass is 9.96. The van der Waals surface area contributed by atoms with Gasteiger partial charge in [0.25, 0.3) is 0 Å². The van der Waals surface area contributed by atoms with Gasteiger partial charge in [-0.15, -0.1) is 11.3 Å². The molecule has 3 aromatic rings. The van der Waals surface area contributed by atoms with Gasteiger partial charge in [0.05, 0.1) is 11.8 Å². The fourth-order valence-corrected chi connectivity index (χ4v) is 4.74. The first-order chi connectivity index (χ1) is 14.2. The van der Waals surface area contributed by atoms with Crippen molar-refractivity contribution in [1.82, 2.24) is 5.43 Å². The van der Waals surface area contributed by atoms with E-state index in [0.717, 1.165) is 52.5 Å². The number of amides is 2. The lowest BCUT2D eigenvalue weighted by Gasteiger charge is -2.09. The van der Waals surface area contributed by atoms with Crippen LogP contribution >= 0.6 is 11.3 Å². The van der Waals surface area contributed by atoms with E-state index in [-0.39, 0.29) is 0 Å². The maximum absolute atomic E-state index is 12.2. The molecular formula is C22H18N4O2S. The van der Waals surface area contributed by atoms with E-state index in [1.54, 1.807) is 0 Å². The predicted octanol–water partition coefficient (Wildman–Crippen LogP) is 3.74. The van der Waals surface area contributed by atoms with Crippen molar-refractivity contribution in [3.05, 3.63) is 64.0 Å². The maximum Gasteiger partial charge on any atom is 0.329 e. The number of rotatable bonds is 3. The van der Waals surface area contributed by atoms with Crippen LogP contribution in [0.4, 0.5) is 5.00 Å². The van der Waals surface area contributed by atoms with E-state index in [4.69, 9.17) is 0 Å². The van der Waals surface area contributed by atoms with Crippen molar-refractivity contribution in [2.45, 2.75) is 25.7 Å². The molecule has 144 valence electrons. The zero-order valence-corrected chi connectivity index (χ0v) is 16.4. The van der Waals surface area contributed by atoms with Gasteiger partial charge in [-0.1, -0.05) is 42.5 Å². The summed E-state index contributed by atoms with van der Waals surface area (Å²) in [5.41, 5.74) is 4.57. The third kappa shape index (κ3) is 3.89. The van der Waals surface area contributed by atoms with Gasteiger partial charge >= 0.3 is 11.8 Å². The van der Waals surface area contributed by atoms with Crippen LogP contribution in [0.25, 0.3) is 10.8 Å². The zero-order chi connectivity index (χ0) is 20.2. The summed E-state index contributed by atoms with van der Waals surface area (Å²) < 4.78 is 0. The zero-order valence-electron chi connectivity index (χ0n) is 15.6. The molecule has 2 aromatic carbocycles. The maximum atomic E-state index is 12.2. The highest BCUT2D eigenvalue weighted by Crippen LogP contribution is 2.37. The summed E-state index contributed by atoms with van der Waals surface area (Å²) in [4.78, 5) is 25.5. The molecule has 0 spiro atoms. The lowest BCUT2D eigenvalue weighted by Crippen LogP contribution is -2.32. The molecule has 0 radical (unpaired) electrons. The number of fused-ring (bicyclic) bond motifs is 2. The lowest BCUT2D eigenvalue weighted by molar-refractivity contribution is -0.136. The van der Waals surface area contributed by atoms with Gasteiger partial charge < -0.3 is 5.32 Å². The van der Waals surface area contributed by atoms with E-state index in [1.807, 2.05) is 42.5 Å². The number of aryl methyl sites for hydroxylation is 1. The SMILES string of the molecule is N#Cc1c(NC(=O)C(=O)NN=Cc2cccc3ccccc23)sc2c1CCCC2. The molecule has 0 bridgehead atoms. The van der Waals surface area contributed by atoms with Crippen LogP contribution in [-0.2, 0) is 22.4 Å². The molecule has 0 saturated heterocycles. The average molecular weight is 402 g/mol. The quantitative estimate of drug-likeness (QED) is 0.397. The highest BCUT2D eigenvalue weighted by molar-refractivity contribution is 7.16. The number of nitrogens with one attached hydrogen (secondary N) is 2. The van der Waals surface area contributed by atoms with Gasteiger partial charge in [-0.2, -0.15) is 10.4 Å². The number of hydrogen-bond donors (Lipinski definition) is 2. The molecule has 6 nitrogen and oxygen atoms in total. The van der Waals surface area contributed by atoms with Crippen LogP contribution in [0, 0.1) is 11.3 Å². The molecule has 0 saturated carbocycles. The number of carbonyl (C=O) groups is 2. The van der Waals surface area contributed by atoms with E-state index >= 15 is 0 Å². The van der Waals surface area contributed by atoms with Crippen LogP contribution in [0.3, 0.4) is 0 Å². The molecule has 2 N–H and O–H groups in total. The molecule has 1 aromatic heterocycles. The minimum absolute atomic E-state index is 0.442. The van der Waals surface area contributed by atoms with Crippen molar-refractivity contribution in [2.24, 2.45) is 5.10 Å². The Labute approximate surface area is 171 Å². The third-order valence-corrected chi connectivity index (χ3v) is 6.12. The number of benzene rings is 2.